The van der Waals surface area contributed by atoms with Gasteiger partial charge >= 0.3 is 5.97 Å². The lowest BCUT2D eigenvalue weighted by Gasteiger charge is -2.13. The number of nitrogens with one attached hydrogen (secondary N) is 1. The molecule has 0 radical (unpaired) electrons. The zero-order valence-electron chi connectivity index (χ0n) is 14.5. The third-order valence-corrected chi connectivity index (χ3v) is 5.16. The molecule has 144 valence electrons. The van der Waals surface area contributed by atoms with Gasteiger partial charge in [0.2, 0.25) is 10.0 Å². The number of ether oxygens (including phenoxy) is 1. The molecule has 0 unspecified atom stereocenters. The minimum absolute atomic E-state index is 0.0226. The number of halogens is 2. The first-order valence-electron chi connectivity index (χ1n) is 7.84. The molecule has 0 aromatic heterocycles. The Hall–Kier alpha value is -2.65. The fraction of sp³-hybridized carbons (Fsp3) is 0.222. The summed E-state index contributed by atoms with van der Waals surface area (Å²) >= 11 is 0. The van der Waals surface area contributed by atoms with Crippen LogP contribution in [0.5, 0.6) is 0 Å². The van der Waals surface area contributed by atoms with Crippen LogP contribution in [0.4, 0.5) is 8.78 Å². The van der Waals surface area contributed by atoms with E-state index in [-0.39, 0.29) is 10.5 Å². The second-order valence-corrected chi connectivity index (χ2v) is 7.53. The minimum Gasteiger partial charge on any atom is -0.456 e. The second kappa shape index (κ2) is 8.36. The largest absolute Gasteiger partial charge is 0.456 e. The van der Waals surface area contributed by atoms with Gasteiger partial charge in [-0.3, -0.25) is 9.59 Å². The van der Waals surface area contributed by atoms with Gasteiger partial charge in [-0.2, -0.15) is 4.72 Å². The van der Waals surface area contributed by atoms with E-state index in [1.54, 1.807) is 19.1 Å². The van der Waals surface area contributed by atoms with E-state index in [2.05, 4.69) is 4.72 Å². The number of aryl methyl sites for hydroxylation is 1. The van der Waals surface area contributed by atoms with Gasteiger partial charge in [0.25, 0.3) is 0 Å². The van der Waals surface area contributed by atoms with Gasteiger partial charge in [-0.15, -0.1) is 0 Å². The van der Waals surface area contributed by atoms with Gasteiger partial charge in [-0.25, -0.2) is 17.2 Å². The number of ketones is 1. The summed E-state index contributed by atoms with van der Waals surface area (Å²) in [4.78, 5) is 23.8. The normalized spacial score (nSPS) is 12.4. The number of rotatable bonds is 7. The highest BCUT2D eigenvalue weighted by atomic mass is 32.2. The van der Waals surface area contributed by atoms with Crippen LogP contribution < -0.4 is 4.72 Å². The SMILES string of the molecule is Cc1ccc(S(=O)(=O)N[C@@H](C)C(=O)OCC(=O)c2ccc(F)c(F)c2)cc1. The van der Waals surface area contributed by atoms with Crippen molar-refractivity contribution < 1.29 is 31.5 Å². The molecule has 2 aromatic rings. The third kappa shape index (κ3) is 5.41. The standard InChI is InChI=1S/C18H17F2NO5S/c1-11-3-6-14(7-4-11)27(24,25)21-12(2)18(23)26-10-17(22)13-5-8-15(19)16(20)9-13/h3-9,12,21H,10H2,1-2H3/t12-/m0/s1. The summed E-state index contributed by atoms with van der Waals surface area (Å²) in [6.45, 7) is 2.32. The molecule has 0 heterocycles. The Kier molecular flexibility index (Phi) is 6.40. The smallest absolute Gasteiger partial charge is 0.324 e. The van der Waals surface area contributed by atoms with Crippen LogP contribution in [0.25, 0.3) is 0 Å². The zero-order valence-corrected chi connectivity index (χ0v) is 15.3. The fourth-order valence-electron chi connectivity index (χ4n) is 2.08. The Balaban J connectivity index is 1.95. The number of hydrogen-bond acceptors (Lipinski definition) is 5. The number of carbonyl (C=O) groups excluding carboxylic acids is 2. The zero-order chi connectivity index (χ0) is 20.2. The Labute approximate surface area is 155 Å². The summed E-state index contributed by atoms with van der Waals surface area (Å²) in [5.41, 5.74) is 0.701. The fourth-order valence-corrected chi connectivity index (χ4v) is 3.27. The van der Waals surface area contributed by atoms with Crippen molar-refractivity contribution in [3.8, 4) is 0 Å². The van der Waals surface area contributed by atoms with Crippen LogP contribution in [0.2, 0.25) is 0 Å². The van der Waals surface area contributed by atoms with Crippen LogP contribution in [-0.4, -0.2) is 32.8 Å². The molecular weight excluding hydrogens is 380 g/mol. The summed E-state index contributed by atoms with van der Waals surface area (Å²) in [5.74, 6) is -4.05. The Morgan fingerprint density at radius 1 is 1.07 bits per heavy atom. The van der Waals surface area contributed by atoms with E-state index in [1.807, 2.05) is 0 Å². The van der Waals surface area contributed by atoms with Gasteiger partial charge in [0.1, 0.15) is 6.04 Å². The maximum Gasteiger partial charge on any atom is 0.324 e. The van der Waals surface area contributed by atoms with Crippen LogP contribution in [0, 0.1) is 18.6 Å². The number of esters is 1. The minimum atomic E-state index is -3.95. The Bertz CT molecular complexity index is 958. The molecule has 2 aromatic carbocycles. The Morgan fingerprint density at radius 3 is 2.30 bits per heavy atom. The van der Waals surface area contributed by atoms with Crippen LogP contribution >= 0.6 is 0 Å². The van der Waals surface area contributed by atoms with Crippen molar-refractivity contribution in [2.75, 3.05) is 6.61 Å². The number of benzene rings is 2. The second-order valence-electron chi connectivity index (χ2n) is 5.82. The molecule has 1 atom stereocenters. The number of Topliss-reactive ketones (excluding diaryl/α,β-unsaturated/α-hetero) is 1. The summed E-state index contributed by atoms with van der Waals surface area (Å²) < 4.78 is 57.3. The molecule has 0 aliphatic carbocycles. The Morgan fingerprint density at radius 2 is 1.70 bits per heavy atom. The van der Waals surface area contributed by atoms with Crippen LogP contribution in [0.3, 0.4) is 0 Å². The molecule has 27 heavy (non-hydrogen) atoms. The first-order valence-corrected chi connectivity index (χ1v) is 9.32. The first-order chi connectivity index (χ1) is 12.6. The summed E-state index contributed by atoms with van der Waals surface area (Å²) in [6, 6.07) is 7.27. The van der Waals surface area contributed by atoms with Gasteiger partial charge in [0.05, 0.1) is 4.90 Å². The molecule has 1 N–H and O–H groups in total. The van der Waals surface area contributed by atoms with E-state index in [4.69, 9.17) is 4.74 Å². The molecule has 2 rings (SSSR count). The van der Waals surface area contributed by atoms with E-state index < -0.39 is 46.1 Å². The molecule has 0 bridgehead atoms. The van der Waals surface area contributed by atoms with Crippen molar-refractivity contribution in [1.29, 1.82) is 0 Å². The molecule has 0 fully saturated rings. The average molecular weight is 397 g/mol. The van der Waals surface area contributed by atoms with E-state index >= 15 is 0 Å². The van der Waals surface area contributed by atoms with E-state index in [9.17, 15) is 26.8 Å². The lowest BCUT2D eigenvalue weighted by atomic mass is 10.1. The van der Waals surface area contributed by atoms with Crippen molar-refractivity contribution >= 4 is 21.8 Å². The lowest BCUT2D eigenvalue weighted by molar-refractivity contribution is -0.144. The molecular formula is C18H17F2NO5S. The highest BCUT2D eigenvalue weighted by molar-refractivity contribution is 7.89. The van der Waals surface area contributed by atoms with Crippen molar-refractivity contribution in [2.45, 2.75) is 24.8 Å². The van der Waals surface area contributed by atoms with Crippen molar-refractivity contribution in [3.05, 3.63) is 65.2 Å². The molecule has 0 saturated heterocycles. The molecule has 0 aliphatic rings. The number of carbonyl (C=O) groups is 2. The molecule has 9 heteroatoms. The van der Waals surface area contributed by atoms with Crippen LogP contribution in [0.1, 0.15) is 22.8 Å². The topological polar surface area (TPSA) is 89.5 Å². The highest BCUT2D eigenvalue weighted by Gasteiger charge is 2.24. The summed E-state index contributed by atoms with van der Waals surface area (Å²) in [6.07, 6.45) is 0. The van der Waals surface area contributed by atoms with E-state index in [0.717, 1.165) is 17.7 Å². The third-order valence-electron chi connectivity index (χ3n) is 3.60. The molecule has 6 nitrogen and oxygen atoms in total. The molecule has 0 amide bonds. The molecule has 0 aliphatic heterocycles. The predicted octanol–water partition coefficient (Wildman–Crippen LogP) is 2.37. The van der Waals surface area contributed by atoms with Gasteiger partial charge in [-0.1, -0.05) is 17.7 Å². The van der Waals surface area contributed by atoms with Gasteiger partial charge in [0, 0.05) is 5.56 Å². The van der Waals surface area contributed by atoms with Gasteiger partial charge < -0.3 is 4.74 Å². The van der Waals surface area contributed by atoms with Gasteiger partial charge in [-0.05, 0) is 44.2 Å². The lowest BCUT2D eigenvalue weighted by Crippen LogP contribution is -2.40. The van der Waals surface area contributed by atoms with Crippen molar-refractivity contribution in [2.24, 2.45) is 0 Å². The maximum atomic E-state index is 13.1. The molecule has 0 saturated carbocycles. The van der Waals surface area contributed by atoms with Gasteiger partial charge in [0.15, 0.2) is 24.0 Å². The average Bonchev–Trinajstić information content (AvgIpc) is 2.61. The monoisotopic (exact) mass is 397 g/mol. The van der Waals surface area contributed by atoms with Crippen molar-refractivity contribution in [1.82, 2.24) is 4.72 Å². The van der Waals surface area contributed by atoms with Crippen LogP contribution in [-0.2, 0) is 19.6 Å². The number of sulfonamides is 1. The molecule has 0 spiro atoms. The summed E-state index contributed by atoms with van der Waals surface area (Å²) in [5, 5.41) is 0. The quantitative estimate of drug-likeness (QED) is 0.572. The predicted molar refractivity (Wildman–Crippen MR) is 92.6 cm³/mol. The van der Waals surface area contributed by atoms with Crippen LogP contribution in [0.15, 0.2) is 47.4 Å². The highest BCUT2D eigenvalue weighted by Crippen LogP contribution is 2.12. The van der Waals surface area contributed by atoms with E-state index in [1.165, 1.54) is 19.1 Å². The summed E-state index contributed by atoms with van der Waals surface area (Å²) in [7, 11) is -3.95. The first kappa shape index (κ1) is 20.7. The van der Waals surface area contributed by atoms with E-state index in [0.29, 0.717) is 6.07 Å². The number of hydrogen-bond donors (Lipinski definition) is 1. The van der Waals surface area contributed by atoms with Crippen molar-refractivity contribution in [3.63, 3.8) is 0 Å². The maximum absolute atomic E-state index is 13.1.